The first-order valence-electron chi connectivity index (χ1n) is 14.4. The molecule has 4 saturated heterocycles. The number of anilines is 1. The molecule has 4 aliphatic heterocycles. The van der Waals surface area contributed by atoms with E-state index in [9.17, 15) is 13.9 Å². The van der Waals surface area contributed by atoms with Crippen LogP contribution in [0.4, 0.5) is 19.0 Å². The average Bonchev–Trinajstić information content (AvgIpc) is 3.70. The van der Waals surface area contributed by atoms with Crippen LogP contribution in [-0.2, 0) is 0 Å². The van der Waals surface area contributed by atoms with E-state index in [0.29, 0.717) is 54.3 Å². The van der Waals surface area contributed by atoms with Crippen LogP contribution in [0.3, 0.4) is 0 Å². The van der Waals surface area contributed by atoms with E-state index in [0.717, 1.165) is 56.8 Å². The SMILES string of the molecule is Oc1cc(-n2ncc3c(N4CC5CCC(C4)N5)nc(OC[C@@]45CCCN4CC(F)C5)cc32)c2c(F)c(F)ccc2c1. The number of ether oxygens (including phenoxy) is 1. The van der Waals surface area contributed by atoms with Crippen molar-refractivity contribution < 1.29 is 23.0 Å². The number of phenolic OH excluding ortho intramolecular Hbond substituents is 1. The van der Waals surface area contributed by atoms with E-state index in [1.807, 2.05) is 0 Å². The lowest BCUT2D eigenvalue weighted by atomic mass is 9.95. The van der Waals surface area contributed by atoms with Crippen molar-refractivity contribution in [1.29, 1.82) is 0 Å². The number of halogens is 3. The summed E-state index contributed by atoms with van der Waals surface area (Å²) < 4.78 is 51.9. The van der Waals surface area contributed by atoms with Crippen molar-refractivity contribution in [2.45, 2.75) is 55.9 Å². The van der Waals surface area contributed by atoms with Gasteiger partial charge in [-0.2, -0.15) is 10.1 Å². The summed E-state index contributed by atoms with van der Waals surface area (Å²) in [5.41, 5.74) is 0.473. The number of benzene rings is 2. The summed E-state index contributed by atoms with van der Waals surface area (Å²) in [7, 11) is 0. The maximum absolute atomic E-state index is 15.2. The highest BCUT2D eigenvalue weighted by Crippen LogP contribution is 2.41. The third-order valence-corrected chi connectivity index (χ3v) is 9.49. The van der Waals surface area contributed by atoms with Gasteiger partial charge < -0.3 is 20.1 Å². The number of fused-ring (bicyclic) bond motifs is 5. The van der Waals surface area contributed by atoms with Crippen molar-refractivity contribution >= 4 is 27.5 Å². The molecule has 11 heteroatoms. The van der Waals surface area contributed by atoms with Crippen molar-refractivity contribution in [3.05, 3.63) is 48.2 Å². The molecule has 6 heterocycles. The number of piperazine rings is 1. The molecule has 214 valence electrons. The van der Waals surface area contributed by atoms with Gasteiger partial charge in [0.2, 0.25) is 5.88 Å². The molecule has 8 nitrogen and oxygen atoms in total. The average molecular weight is 565 g/mol. The van der Waals surface area contributed by atoms with Gasteiger partial charge in [0, 0.05) is 55.7 Å². The molecule has 4 fully saturated rings. The van der Waals surface area contributed by atoms with Gasteiger partial charge in [-0.05, 0) is 49.7 Å². The molecule has 8 rings (SSSR count). The third-order valence-electron chi connectivity index (χ3n) is 9.49. The van der Waals surface area contributed by atoms with E-state index in [4.69, 9.17) is 9.72 Å². The fraction of sp³-hybridized carbons (Fsp3) is 0.467. The summed E-state index contributed by atoms with van der Waals surface area (Å²) in [4.78, 5) is 9.40. The number of aromatic nitrogens is 3. The molecule has 0 radical (unpaired) electrons. The van der Waals surface area contributed by atoms with Gasteiger partial charge >= 0.3 is 0 Å². The molecular formula is C30H31F3N6O2. The summed E-state index contributed by atoms with van der Waals surface area (Å²) >= 11 is 0. The molecule has 4 aliphatic rings. The van der Waals surface area contributed by atoms with Crippen molar-refractivity contribution in [2.75, 3.05) is 37.7 Å². The number of aromatic hydroxyl groups is 1. The number of rotatable bonds is 5. The lowest BCUT2D eigenvalue weighted by Gasteiger charge is -2.34. The predicted octanol–water partition coefficient (Wildman–Crippen LogP) is 4.45. The van der Waals surface area contributed by atoms with Gasteiger partial charge in [0.15, 0.2) is 11.6 Å². The molecule has 2 bridgehead atoms. The highest BCUT2D eigenvalue weighted by Gasteiger charge is 2.49. The molecule has 2 aromatic heterocycles. The van der Waals surface area contributed by atoms with E-state index in [2.05, 4.69) is 20.2 Å². The lowest BCUT2D eigenvalue weighted by molar-refractivity contribution is 0.111. The van der Waals surface area contributed by atoms with E-state index in [-0.39, 0.29) is 22.4 Å². The van der Waals surface area contributed by atoms with Crippen LogP contribution in [0.5, 0.6) is 11.6 Å². The van der Waals surface area contributed by atoms with Crippen LogP contribution >= 0.6 is 0 Å². The fourth-order valence-corrected chi connectivity index (χ4v) is 7.64. The van der Waals surface area contributed by atoms with Gasteiger partial charge in [-0.3, -0.25) is 4.90 Å². The molecule has 41 heavy (non-hydrogen) atoms. The molecule has 3 unspecified atom stereocenters. The van der Waals surface area contributed by atoms with Crippen LogP contribution in [0.2, 0.25) is 0 Å². The fourth-order valence-electron chi connectivity index (χ4n) is 7.64. The van der Waals surface area contributed by atoms with Crippen molar-refractivity contribution in [2.24, 2.45) is 0 Å². The summed E-state index contributed by atoms with van der Waals surface area (Å²) in [6.07, 6.45) is 5.35. The van der Waals surface area contributed by atoms with Crippen molar-refractivity contribution in [1.82, 2.24) is 25.0 Å². The maximum atomic E-state index is 15.2. The number of nitrogens with zero attached hydrogens (tertiary/aromatic N) is 5. The van der Waals surface area contributed by atoms with Gasteiger partial charge in [0.1, 0.15) is 24.3 Å². The number of phenols is 1. The zero-order valence-corrected chi connectivity index (χ0v) is 22.5. The largest absolute Gasteiger partial charge is 0.508 e. The van der Waals surface area contributed by atoms with Gasteiger partial charge in [-0.1, -0.05) is 6.07 Å². The molecule has 0 amide bonds. The topological polar surface area (TPSA) is 78.7 Å². The minimum atomic E-state index is -1.01. The summed E-state index contributed by atoms with van der Waals surface area (Å²) in [5, 5.41) is 19.9. The minimum Gasteiger partial charge on any atom is -0.508 e. The second-order valence-corrected chi connectivity index (χ2v) is 12.1. The van der Waals surface area contributed by atoms with Crippen molar-refractivity contribution in [3.8, 4) is 17.3 Å². The maximum Gasteiger partial charge on any atom is 0.217 e. The first kappa shape index (κ1) is 25.2. The summed E-state index contributed by atoms with van der Waals surface area (Å²) in [6.45, 7) is 3.18. The van der Waals surface area contributed by atoms with Crippen LogP contribution < -0.4 is 15.0 Å². The first-order chi connectivity index (χ1) is 19.9. The Balaban J connectivity index is 1.26. The summed E-state index contributed by atoms with van der Waals surface area (Å²) in [6, 6.07) is 7.76. The molecule has 0 aliphatic carbocycles. The third kappa shape index (κ3) is 4.04. The van der Waals surface area contributed by atoms with Gasteiger partial charge in [-0.25, -0.2) is 17.9 Å². The van der Waals surface area contributed by atoms with Gasteiger partial charge in [0.25, 0.3) is 0 Å². The number of nitrogens with one attached hydrogen (secondary N) is 1. The van der Waals surface area contributed by atoms with Crippen LogP contribution in [0.15, 0.2) is 36.5 Å². The van der Waals surface area contributed by atoms with Crippen molar-refractivity contribution in [3.63, 3.8) is 0 Å². The van der Waals surface area contributed by atoms with Gasteiger partial charge in [0.05, 0.1) is 28.3 Å². The minimum absolute atomic E-state index is 0.0225. The predicted molar refractivity (Wildman–Crippen MR) is 149 cm³/mol. The Morgan fingerprint density at radius 2 is 1.93 bits per heavy atom. The molecular weight excluding hydrogens is 533 g/mol. The molecule has 0 spiro atoms. The Labute approximate surface area is 234 Å². The van der Waals surface area contributed by atoms with Crippen LogP contribution in [0, 0.1) is 11.6 Å². The van der Waals surface area contributed by atoms with E-state index >= 15 is 4.39 Å². The lowest BCUT2D eigenvalue weighted by Crippen LogP contribution is -2.51. The highest BCUT2D eigenvalue weighted by molar-refractivity contribution is 5.96. The molecule has 2 aromatic carbocycles. The van der Waals surface area contributed by atoms with E-state index < -0.39 is 17.8 Å². The Bertz CT molecular complexity index is 1670. The Morgan fingerprint density at radius 3 is 2.76 bits per heavy atom. The highest BCUT2D eigenvalue weighted by atomic mass is 19.2. The Kier molecular flexibility index (Phi) is 5.66. The molecule has 0 saturated carbocycles. The van der Waals surface area contributed by atoms with Crippen LogP contribution in [0.25, 0.3) is 27.4 Å². The van der Waals surface area contributed by atoms with E-state index in [1.54, 1.807) is 12.3 Å². The molecule has 4 aromatic rings. The molecule has 4 atom stereocenters. The van der Waals surface area contributed by atoms with Crippen LogP contribution in [0.1, 0.15) is 32.1 Å². The zero-order chi connectivity index (χ0) is 27.9. The number of alkyl halides is 1. The number of pyridine rings is 1. The Hall–Kier alpha value is -3.57. The monoisotopic (exact) mass is 564 g/mol. The quantitative estimate of drug-likeness (QED) is 0.371. The first-order valence-corrected chi connectivity index (χ1v) is 14.4. The normalized spacial score (nSPS) is 27.8. The number of hydrogen-bond donors (Lipinski definition) is 2. The number of hydrogen-bond acceptors (Lipinski definition) is 7. The smallest absolute Gasteiger partial charge is 0.217 e. The standard InChI is InChI=1S/C30H31F3N6O2/c31-18-11-30(6-1-7-38(30)13-18)16-41-26-10-24-22(29(36-26)37-14-19-3-4-20(15-37)35-19)12-34-39(24)25-9-21(40)8-17-2-5-23(32)28(33)27(17)25/h2,5,8-10,12,18-20,35,40H,1,3-4,6-7,11,13-16H2/t18?,19?,20?,30-/m0/s1. The second-order valence-electron chi connectivity index (χ2n) is 12.1. The van der Waals surface area contributed by atoms with E-state index in [1.165, 1.54) is 22.9 Å². The zero-order valence-electron chi connectivity index (χ0n) is 22.5. The summed E-state index contributed by atoms with van der Waals surface area (Å²) in [5.74, 6) is -0.984. The van der Waals surface area contributed by atoms with Crippen LogP contribution in [-0.4, -0.2) is 81.4 Å². The second kappa shape index (κ2) is 9.22. The van der Waals surface area contributed by atoms with Gasteiger partial charge in [-0.15, -0.1) is 0 Å². The Morgan fingerprint density at radius 1 is 1.10 bits per heavy atom. The molecule has 2 N–H and O–H groups in total.